The molecule has 3 aromatic rings. The minimum absolute atomic E-state index is 0.000897. The molecule has 6 nitrogen and oxygen atoms in total. The second-order valence-corrected chi connectivity index (χ2v) is 7.99. The third kappa shape index (κ3) is 4.07. The highest BCUT2D eigenvalue weighted by Crippen LogP contribution is 2.35. The Morgan fingerprint density at radius 1 is 0.903 bits per heavy atom. The maximum Gasteiger partial charge on any atom is 0.336 e. The van der Waals surface area contributed by atoms with Crippen LogP contribution in [0.5, 0.6) is 0 Å². The van der Waals surface area contributed by atoms with Gasteiger partial charge in [-0.25, -0.2) is 9.69 Å². The monoisotopic (exact) mass is 494 g/mol. The lowest BCUT2D eigenvalue weighted by Gasteiger charge is -2.27. The number of nitrogens with one attached hydrogen (secondary N) is 1. The average Bonchev–Trinajstić information content (AvgIpc) is 3.16. The van der Waals surface area contributed by atoms with Crippen LogP contribution in [0.3, 0.4) is 0 Å². The van der Waals surface area contributed by atoms with Crippen molar-refractivity contribution in [1.29, 1.82) is 0 Å². The highest BCUT2D eigenvalue weighted by Gasteiger charge is 2.38. The fourth-order valence-corrected chi connectivity index (χ4v) is 3.83. The fourth-order valence-electron chi connectivity index (χ4n) is 2.95. The van der Waals surface area contributed by atoms with Gasteiger partial charge in [0.25, 0.3) is 11.8 Å². The molecule has 2 heterocycles. The summed E-state index contributed by atoms with van der Waals surface area (Å²) in [6.07, 6.45) is 1.23. The van der Waals surface area contributed by atoms with Crippen molar-refractivity contribution in [2.45, 2.75) is 0 Å². The normalized spacial score (nSPS) is 15.5. The second-order valence-electron chi connectivity index (χ2n) is 6.36. The molecular formula is C21H10Cl4N2O4. The Balaban J connectivity index is 1.71. The van der Waals surface area contributed by atoms with Crippen LogP contribution < -0.4 is 10.2 Å². The summed E-state index contributed by atoms with van der Waals surface area (Å²) in [7, 11) is 0. The first kappa shape index (κ1) is 21.5. The van der Waals surface area contributed by atoms with Gasteiger partial charge < -0.3 is 4.42 Å². The highest BCUT2D eigenvalue weighted by molar-refractivity contribution is 6.46. The number of urea groups is 1. The van der Waals surface area contributed by atoms with Crippen LogP contribution in [0.4, 0.5) is 10.5 Å². The minimum Gasteiger partial charge on any atom is -0.457 e. The predicted molar refractivity (Wildman–Crippen MR) is 120 cm³/mol. The third-order valence-corrected chi connectivity index (χ3v) is 5.74. The van der Waals surface area contributed by atoms with Gasteiger partial charge >= 0.3 is 6.03 Å². The van der Waals surface area contributed by atoms with Gasteiger partial charge in [0.1, 0.15) is 17.1 Å². The number of anilines is 1. The van der Waals surface area contributed by atoms with Crippen LogP contribution in [0.15, 0.2) is 58.5 Å². The van der Waals surface area contributed by atoms with Gasteiger partial charge in [-0.1, -0.05) is 52.5 Å². The molecule has 1 saturated heterocycles. The summed E-state index contributed by atoms with van der Waals surface area (Å²) in [6.45, 7) is 0. The van der Waals surface area contributed by atoms with Crippen molar-refractivity contribution >= 4 is 76.0 Å². The molecular weight excluding hydrogens is 486 g/mol. The summed E-state index contributed by atoms with van der Waals surface area (Å²) >= 11 is 24.2. The van der Waals surface area contributed by atoms with Crippen LogP contribution in [0.25, 0.3) is 17.4 Å². The molecule has 4 amide bonds. The molecule has 0 radical (unpaired) electrons. The van der Waals surface area contributed by atoms with Crippen LogP contribution in [0.1, 0.15) is 5.76 Å². The molecule has 4 rings (SSSR count). The number of imide groups is 2. The quantitative estimate of drug-likeness (QED) is 0.345. The highest BCUT2D eigenvalue weighted by atomic mass is 35.5. The van der Waals surface area contributed by atoms with Gasteiger partial charge in [-0.2, -0.15) is 0 Å². The van der Waals surface area contributed by atoms with E-state index in [0.717, 1.165) is 4.90 Å². The Hall–Kier alpha value is -2.77. The number of amides is 4. The summed E-state index contributed by atoms with van der Waals surface area (Å²) in [5.41, 5.74) is 0.305. The van der Waals surface area contributed by atoms with Crippen LogP contribution in [-0.2, 0) is 9.59 Å². The van der Waals surface area contributed by atoms with Crippen LogP contribution in [0.2, 0.25) is 20.1 Å². The molecule has 10 heteroatoms. The van der Waals surface area contributed by atoms with E-state index in [0.29, 0.717) is 21.4 Å². The maximum absolute atomic E-state index is 13.0. The molecule has 1 aliphatic rings. The topological polar surface area (TPSA) is 79.6 Å². The molecule has 0 unspecified atom stereocenters. The summed E-state index contributed by atoms with van der Waals surface area (Å²) in [6, 6.07) is 11.6. The van der Waals surface area contributed by atoms with Gasteiger partial charge in [-0.3, -0.25) is 14.9 Å². The molecule has 1 fully saturated rings. The van der Waals surface area contributed by atoms with E-state index >= 15 is 0 Å². The molecule has 0 atom stereocenters. The molecule has 156 valence electrons. The summed E-state index contributed by atoms with van der Waals surface area (Å²) < 4.78 is 5.71. The van der Waals surface area contributed by atoms with E-state index in [1.807, 2.05) is 0 Å². The molecule has 0 bridgehead atoms. The van der Waals surface area contributed by atoms with Crippen molar-refractivity contribution < 1.29 is 18.8 Å². The number of hydrogen-bond acceptors (Lipinski definition) is 4. The fraction of sp³-hybridized carbons (Fsp3) is 0. The Bertz CT molecular complexity index is 1280. The molecule has 0 saturated carbocycles. The lowest BCUT2D eigenvalue weighted by atomic mass is 10.1. The minimum atomic E-state index is -0.940. The summed E-state index contributed by atoms with van der Waals surface area (Å²) in [5.74, 6) is -1.14. The van der Waals surface area contributed by atoms with Gasteiger partial charge in [0.15, 0.2) is 0 Å². The largest absolute Gasteiger partial charge is 0.457 e. The number of carbonyl (C=O) groups excluding carboxylic acids is 3. The SMILES string of the molecule is O=C1NC(=O)N(c2cccc(Cl)c2Cl)C(=O)/C1=C\c1ccc(-c2ccc(Cl)cc2Cl)o1. The van der Waals surface area contributed by atoms with E-state index in [2.05, 4.69) is 5.32 Å². The second kappa shape index (κ2) is 8.40. The lowest BCUT2D eigenvalue weighted by Crippen LogP contribution is -2.54. The molecule has 1 aromatic heterocycles. The number of carbonyl (C=O) groups is 3. The zero-order chi connectivity index (χ0) is 22.3. The molecule has 1 N–H and O–H groups in total. The number of benzene rings is 2. The van der Waals surface area contributed by atoms with Gasteiger partial charge in [-0.05, 0) is 48.5 Å². The number of barbiturate groups is 1. The van der Waals surface area contributed by atoms with Crippen molar-refractivity contribution in [3.05, 3.63) is 80.0 Å². The van der Waals surface area contributed by atoms with Crippen LogP contribution in [-0.4, -0.2) is 17.8 Å². The third-order valence-electron chi connectivity index (χ3n) is 4.38. The zero-order valence-electron chi connectivity index (χ0n) is 15.3. The number of nitrogens with zero attached hydrogens (tertiary/aromatic N) is 1. The molecule has 2 aromatic carbocycles. The van der Waals surface area contributed by atoms with Gasteiger partial charge in [0.2, 0.25) is 0 Å². The molecule has 1 aliphatic heterocycles. The predicted octanol–water partition coefficient (Wildman–Crippen LogP) is 6.23. The number of hydrogen-bond donors (Lipinski definition) is 1. The van der Waals surface area contributed by atoms with Crippen molar-refractivity contribution in [2.75, 3.05) is 4.90 Å². The average molecular weight is 496 g/mol. The van der Waals surface area contributed by atoms with Crippen molar-refractivity contribution in [3.63, 3.8) is 0 Å². The number of furan rings is 1. The van der Waals surface area contributed by atoms with E-state index in [-0.39, 0.29) is 27.1 Å². The van der Waals surface area contributed by atoms with Crippen LogP contribution in [0, 0.1) is 0 Å². The Morgan fingerprint density at radius 2 is 1.68 bits per heavy atom. The van der Waals surface area contributed by atoms with E-state index in [4.69, 9.17) is 50.8 Å². The van der Waals surface area contributed by atoms with Crippen molar-refractivity contribution in [2.24, 2.45) is 0 Å². The molecule has 0 spiro atoms. The lowest BCUT2D eigenvalue weighted by molar-refractivity contribution is -0.122. The van der Waals surface area contributed by atoms with Gasteiger partial charge in [-0.15, -0.1) is 0 Å². The smallest absolute Gasteiger partial charge is 0.336 e. The first-order chi connectivity index (χ1) is 14.8. The van der Waals surface area contributed by atoms with E-state index in [9.17, 15) is 14.4 Å². The van der Waals surface area contributed by atoms with Crippen LogP contribution >= 0.6 is 46.4 Å². The Kier molecular flexibility index (Phi) is 5.81. The summed E-state index contributed by atoms with van der Waals surface area (Å²) in [5, 5.41) is 3.10. The van der Waals surface area contributed by atoms with E-state index < -0.39 is 17.8 Å². The van der Waals surface area contributed by atoms with E-state index in [1.165, 1.54) is 24.3 Å². The number of halogens is 4. The first-order valence-corrected chi connectivity index (χ1v) is 10.2. The first-order valence-electron chi connectivity index (χ1n) is 8.67. The summed E-state index contributed by atoms with van der Waals surface area (Å²) in [4.78, 5) is 38.4. The van der Waals surface area contributed by atoms with Crippen molar-refractivity contribution in [1.82, 2.24) is 5.32 Å². The van der Waals surface area contributed by atoms with Gasteiger partial charge in [0.05, 0.1) is 20.8 Å². The maximum atomic E-state index is 13.0. The van der Waals surface area contributed by atoms with Gasteiger partial charge in [0, 0.05) is 10.6 Å². The standard InChI is InChI=1S/C21H10Cl4N2O4/c22-10-4-6-12(15(24)8-10)17-7-5-11(31-17)9-13-19(28)26-21(30)27(20(13)29)16-3-1-2-14(23)18(16)25/h1-9H,(H,26,28,30)/b13-9-. The van der Waals surface area contributed by atoms with Crippen molar-refractivity contribution in [3.8, 4) is 11.3 Å². The van der Waals surface area contributed by atoms with E-state index in [1.54, 1.807) is 30.3 Å². The Labute approximate surface area is 195 Å². The molecule has 31 heavy (non-hydrogen) atoms. The number of rotatable bonds is 3. The zero-order valence-corrected chi connectivity index (χ0v) is 18.3. The Morgan fingerprint density at radius 3 is 2.42 bits per heavy atom. The molecule has 0 aliphatic carbocycles.